The molecule has 0 unspecified atom stereocenters. The van der Waals surface area contributed by atoms with Crippen molar-refractivity contribution in [2.45, 2.75) is 64.2 Å². The van der Waals surface area contributed by atoms with Crippen molar-refractivity contribution in [3.05, 3.63) is 64.7 Å². The van der Waals surface area contributed by atoms with Crippen molar-refractivity contribution < 1.29 is 4.79 Å². The molecule has 3 heterocycles. The molecule has 3 aromatic rings. The van der Waals surface area contributed by atoms with Gasteiger partial charge in [-0.15, -0.1) is 10.2 Å². The predicted molar refractivity (Wildman–Crippen MR) is 117 cm³/mol. The first kappa shape index (κ1) is 20.0. The summed E-state index contributed by atoms with van der Waals surface area (Å²) >= 11 is 1.52. The van der Waals surface area contributed by atoms with E-state index in [-0.39, 0.29) is 5.78 Å². The molecule has 2 aromatic heterocycles. The lowest BCUT2D eigenvalue weighted by molar-refractivity contribution is 0.102. The molecule has 1 aromatic carbocycles. The lowest BCUT2D eigenvalue weighted by Gasteiger charge is -2.10. The summed E-state index contributed by atoms with van der Waals surface area (Å²) < 4.78 is 4.46. The number of carbonyl (C=O) groups is 1. The van der Waals surface area contributed by atoms with Crippen LogP contribution in [-0.4, -0.2) is 30.9 Å². The van der Waals surface area contributed by atoms with E-state index >= 15 is 0 Å². The van der Waals surface area contributed by atoms with Gasteiger partial charge in [-0.25, -0.2) is 0 Å². The molecular weight excluding hydrogens is 380 g/mol. The Kier molecular flexibility index (Phi) is 6.19. The SMILES string of the molecule is Cc1cc(C(=O)CSc2nnc3n2CCCCC3)c(C)n1CCc1ccccc1. The van der Waals surface area contributed by atoms with Crippen molar-refractivity contribution in [3.8, 4) is 0 Å². The van der Waals surface area contributed by atoms with Crippen LogP contribution in [0.3, 0.4) is 0 Å². The smallest absolute Gasteiger partial charge is 0.191 e. The second-order valence-corrected chi connectivity index (χ2v) is 8.69. The third-order valence-electron chi connectivity index (χ3n) is 5.75. The number of aromatic nitrogens is 4. The van der Waals surface area contributed by atoms with Crippen LogP contribution in [0.4, 0.5) is 0 Å². The van der Waals surface area contributed by atoms with E-state index < -0.39 is 0 Å². The molecule has 0 saturated carbocycles. The van der Waals surface area contributed by atoms with E-state index in [9.17, 15) is 4.79 Å². The Balaban J connectivity index is 1.42. The highest BCUT2D eigenvalue weighted by molar-refractivity contribution is 7.99. The molecule has 4 rings (SSSR count). The molecule has 0 radical (unpaired) electrons. The van der Waals surface area contributed by atoms with Crippen LogP contribution in [0.25, 0.3) is 0 Å². The van der Waals surface area contributed by atoms with Gasteiger partial charge in [-0.3, -0.25) is 4.79 Å². The molecule has 6 heteroatoms. The summed E-state index contributed by atoms with van der Waals surface area (Å²) in [6.07, 6.45) is 5.53. The van der Waals surface area contributed by atoms with Crippen LogP contribution in [0.5, 0.6) is 0 Å². The highest BCUT2D eigenvalue weighted by Crippen LogP contribution is 2.24. The van der Waals surface area contributed by atoms with E-state index in [1.807, 2.05) is 12.1 Å². The molecule has 0 atom stereocenters. The first-order chi connectivity index (χ1) is 14.1. The Hall–Kier alpha value is -2.34. The van der Waals surface area contributed by atoms with E-state index in [0.29, 0.717) is 5.75 Å². The third-order valence-corrected chi connectivity index (χ3v) is 6.72. The highest BCUT2D eigenvalue weighted by atomic mass is 32.2. The van der Waals surface area contributed by atoms with Crippen LogP contribution in [0.15, 0.2) is 41.6 Å². The van der Waals surface area contributed by atoms with Crippen LogP contribution in [-0.2, 0) is 25.9 Å². The van der Waals surface area contributed by atoms with Gasteiger partial charge in [0, 0.05) is 36.5 Å². The maximum atomic E-state index is 12.9. The molecule has 29 heavy (non-hydrogen) atoms. The summed E-state index contributed by atoms with van der Waals surface area (Å²) in [7, 11) is 0. The third kappa shape index (κ3) is 4.47. The molecule has 1 aliphatic heterocycles. The van der Waals surface area contributed by atoms with E-state index in [2.05, 4.69) is 57.4 Å². The first-order valence-corrected chi connectivity index (χ1v) is 11.4. The van der Waals surface area contributed by atoms with Gasteiger partial charge in [0.05, 0.1) is 5.75 Å². The van der Waals surface area contributed by atoms with Crippen LogP contribution >= 0.6 is 11.8 Å². The number of hydrogen-bond donors (Lipinski definition) is 0. The Labute approximate surface area is 176 Å². The summed E-state index contributed by atoms with van der Waals surface area (Å²) in [6, 6.07) is 12.5. The number of hydrogen-bond acceptors (Lipinski definition) is 4. The van der Waals surface area contributed by atoms with Crippen molar-refractivity contribution in [1.82, 2.24) is 19.3 Å². The molecule has 5 nitrogen and oxygen atoms in total. The minimum atomic E-state index is 0.167. The number of carbonyl (C=O) groups excluding carboxylic acids is 1. The van der Waals surface area contributed by atoms with Crippen molar-refractivity contribution >= 4 is 17.5 Å². The molecule has 0 fully saturated rings. The summed E-state index contributed by atoms with van der Waals surface area (Å²) in [4.78, 5) is 12.9. The van der Waals surface area contributed by atoms with Gasteiger partial charge in [-0.1, -0.05) is 48.5 Å². The Morgan fingerprint density at radius 1 is 1.10 bits per heavy atom. The maximum Gasteiger partial charge on any atom is 0.191 e. The minimum absolute atomic E-state index is 0.167. The topological polar surface area (TPSA) is 52.7 Å². The van der Waals surface area contributed by atoms with Crippen molar-refractivity contribution in [1.29, 1.82) is 0 Å². The normalized spacial score (nSPS) is 13.9. The molecule has 0 amide bonds. The highest BCUT2D eigenvalue weighted by Gasteiger charge is 2.19. The monoisotopic (exact) mass is 408 g/mol. The predicted octanol–water partition coefficient (Wildman–Crippen LogP) is 4.64. The standard InChI is InChI=1S/C23H28N4OS/c1-17-15-20(18(2)26(17)14-12-19-9-5-3-6-10-19)21(28)16-29-23-25-24-22-11-7-4-8-13-27(22)23/h3,5-6,9-10,15H,4,7-8,11-14,16H2,1-2H3. The molecule has 0 aliphatic carbocycles. The second kappa shape index (κ2) is 8.99. The number of nitrogens with zero attached hydrogens (tertiary/aromatic N) is 4. The average Bonchev–Trinajstić information content (AvgIpc) is 3.14. The zero-order valence-electron chi connectivity index (χ0n) is 17.2. The zero-order chi connectivity index (χ0) is 20.2. The van der Waals surface area contributed by atoms with Crippen LogP contribution < -0.4 is 0 Å². The fraction of sp³-hybridized carbons (Fsp3) is 0.435. The molecule has 0 spiro atoms. The van der Waals surface area contributed by atoms with Crippen LogP contribution in [0, 0.1) is 13.8 Å². The largest absolute Gasteiger partial charge is 0.348 e. The lowest BCUT2D eigenvalue weighted by atomic mass is 10.1. The van der Waals surface area contributed by atoms with Gasteiger partial charge >= 0.3 is 0 Å². The van der Waals surface area contributed by atoms with Crippen LogP contribution in [0.1, 0.15) is 52.4 Å². The summed E-state index contributed by atoms with van der Waals surface area (Å²) in [5, 5.41) is 9.55. The summed E-state index contributed by atoms with van der Waals surface area (Å²) in [5.74, 6) is 1.64. The van der Waals surface area contributed by atoms with Gasteiger partial charge in [0.15, 0.2) is 10.9 Å². The fourth-order valence-corrected chi connectivity index (χ4v) is 4.95. The second-order valence-electron chi connectivity index (χ2n) is 7.74. The number of rotatable bonds is 7. The zero-order valence-corrected chi connectivity index (χ0v) is 18.0. The summed E-state index contributed by atoms with van der Waals surface area (Å²) in [6.45, 7) is 5.99. The van der Waals surface area contributed by atoms with Gasteiger partial charge in [0.1, 0.15) is 5.82 Å². The fourth-order valence-electron chi connectivity index (χ4n) is 4.09. The number of ketones is 1. The van der Waals surface area contributed by atoms with E-state index in [1.54, 1.807) is 0 Å². The number of Topliss-reactive ketones (excluding diaryl/α,β-unsaturated/α-hetero) is 1. The van der Waals surface area contributed by atoms with Crippen molar-refractivity contribution in [3.63, 3.8) is 0 Å². The number of thioether (sulfide) groups is 1. The van der Waals surface area contributed by atoms with Gasteiger partial charge < -0.3 is 9.13 Å². The molecular formula is C23H28N4OS. The van der Waals surface area contributed by atoms with E-state index in [4.69, 9.17) is 0 Å². The number of benzene rings is 1. The van der Waals surface area contributed by atoms with Gasteiger partial charge in [0.2, 0.25) is 0 Å². The van der Waals surface area contributed by atoms with Gasteiger partial charge in [-0.2, -0.15) is 0 Å². The Bertz CT molecular complexity index is 990. The molecule has 152 valence electrons. The Morgan fingerprint density at radius 2 is 1.93 bits per heavy atom. The van der Waals surface area contributed by atoms with E-state index in [0.717, 1.165) is 60.3 Å². The number of fused-ring (bicyclic) bond motifs is 1. The number of aryl methyl sites for hydroxylation is 3. The molecule has 0 bridgehead atoms. The van der Waals surface area contributed by atoms with Crippen LogP contribution in [0.2, 0.25) is 0 Å². The summed E-state index contributed by atoms with van der Waals surface area (Å²) in [5.41, 5.74) is 4.35. The lowest BCUT2D eigenvalue weighted by Crippen LogP contribution is -2.09. The molecule has 0 saturated heterocycles. The Morgan fingerprint density at radius 3 is 2.76 bits per heavy atom. The van der Waals surface area contributed by atoms with E-state index in [1.165, 1.54) is 30.2 Å². The quantitative estimate of drug-likeness (QED) is 0.422. The van der Waals surface area contributed by atoms with Crippen molar-refractivity contribution in [2.24, 2.45) is 0 Å². The molecule has 1 aliphatic rings. The minimum Gasteiger partial charge on any atom is -0.348 e. The van der Waals surface area contributed by atoms with Crippen molar-refractivity contribution in [2.75, 3.05) is 5.75 Å². The van der Waals surface area contributed by atoms with Gasteiger partial charge in [-0.05, 0) is 44.7 Å². The van der Waals surface area contributed by atoms with Gasteiger partial charge in [0.25, 0.3) is 0 Å². The first-order valence-electron chi connectivity index (χ1n) is 10.4. The molecule has 0 N–H and O–H groups in total. The maximum absolute atomic E-state index is 12.9. The average molecular weight is 409 g/mol.